The second kappa shape index (κ2) is 10.1. The molecule has 0 radical (unpaired) electrons. The second-order valence-electron chi connectivity index (χ2n) is 6.70. The standard InChI is InChI=1S/C22H25F3N2O/c1-3-5-10-18(11-6-4-2)16-26-14-15-27(17-19-12-8-7-9-13-19)21(28)20(26)22(23,24)25/h1,4,6-10,12-13,20H,5,11,14-17H2,2H3/b6-4-,18-10+. The zero-order chi connectivity index (χ0) is 20.6. The first-order valence-electron chi connectivity index (χ1n) is 9.22. The molecule has 0 N–H and O–H groups in total. The zero-order valence-electron chi connectivity index (χ0n) is 16.0. The Labute approximate surface area is 164 Å². The third-order valence-electron chi connectivity index (χ3n) is 4.62. The number of carbonyl (C=O) groups excluding carboxylic acids is 1. The molecule has 0 bridgehead atoms. The molecule has 150 valence electrons. The maximum Gasteiger partial charge on any atom is 0.412 e. The Balaban J connectivity index is 2.19. The summed E-state index contributed by atoms with van der Waals surface area (Å²) < 4.78 is 41.3. The van der Waals surface area contributed by atoms with Crippen LogP contribution < -0.4 is 0 Å². The van der Waals surface area contributed by atoms with Gasteiger partial charge in [0.1, 0.15) is 0 Å². The SMILES string of the molecule is C#CC/C=C(\C/C=C\C)CN1CCN(Cc2ccccc2)C(=O)C1C(F)(F)F. The first-order valence-corrected chi connectivity index (χ1v) is 9.22. The fraction of sp³-hybridized carbons (Fsp3) is 0.409. The molecule has 1 aliphatic rings. The van der Waals surface area contributed by atoms with Gasteiger partial charge in [0, 0.05) is 32.6 Å². The lowest BCUT2D eigenvalue weighted by Gasteiger charge is -2.41. The molecule has 1 fully saturated rings. The van der Waals surface area contributed by atoms with Gasteiger partial charge in [-0.05, 0) is 18.9 Å². The fourth-order valence-corrected chi connectivity index (χ4v) is 3.24. The monoisotopic (exact) mass is 390 g/mol. The largest absolute Gasteiger partial charge is 0.412 e. The van der Waals surface area contributed by atoms with E-state index in [1.165, 1.54) is 9.80 Å². The van der Waals surface area contributed by atoms with Crippen molar-refractivity contribution in [2.45, 2.75) is 38.5 Å². The van der Waals surface area contributed by atoms with Crippen LogP contribution in [0.4, 0.5) is 13.2 Å². The third kappa shape index (κ3) is 6.00. The Morgan fingerprint density at radius 3 is 2.61 bits per heavy atom. The van der Waals surface area contributed by atoms with Crippen LogP contribution in [0.5, 0.6) is 0 Å². The molecule has 0 spiro atoms. The highest BCUT2D eigenvalue weighted by molar-refractivity contribution is 5.83. The highest BCUT2D eigenvalue weighted by Crippen LogP contribution is 2.30. The molecule has 1 atom stereocenters. The number of rotatable bonds is 7. The van der Waals surface area contributed by atoms with Crippen molar-refractivity contribution in [3.8, 4) is 12.3 Å². The normalized spacial score (nSPS) is 19.2. The molecule has 3 nitrogen and oxygen atoms in total. The molecular weight excluding hydrogens is 365 g/mol. The molecule has 1 aromatic rings. The van der Waals surface area contributed by atoms with E-state index in [0.717, 1.165) is 11.1 Å². The third-order valence-corrected chi connectivity index (χ3v) is 4.62. The van der Waals surface area contributed by atoms with Gasteiger partial charge in [0.25, 0.3) is 0 Å². The molecule has 0 aliphatic carbocycles. The number of alkyl halides is 3. The number of hydrogen-bond acceptors (Lipinski definition) is 2. The van der Waals surface area contributed by atoms with E-state index in [-0.39, 0.29) is 26.2 Å². The van der Waals surface area contributed by atoms with E-state index >= 15 is 0 Å². The molecule has 1 saturated heterocycles. The number of amides is 1. The Bertz CT molecular complexity index is 747. The van der Waals surface area contributed by atoms with Crippen LogP contribution in [-0.2, 0) is 11.3 Å². The van der Waals surface area contributed by atoms with Crippen LogP contribution in [0.15, 0.2) is 54.1 Å². The van der Waals surface area contributed by atoms with Gasteiger partial charge in [-0.1, -0.05) is 54.1 Å². The van der Waals surface area contributed by atoms with Gasteiger partial charge in [-0.2, -0.15) is 13.2 Å². The average molecular weight is 390 g/mol. The van der Waals surface area contributed by atoms with Crippen LogP contribution in [0, 0.1) is 12.3 Å². The molecule has 1 amide bonds. The number of allylic oxidation sites excluding steroid dienone is 3. The lowest BCUT2D eigenvalue weighted by molar-refractivity contribution is -0.202. The van der Waals surface area contributed by atoms with Crippen molar-refractivity contribution < 1.29 is 18.0 Å². The molecule has 0 saturated carbocycles. The topological polar surface area (TPSA) is 23.6 Å². The van der Waals surface area contributed by atoms with Gasteiger partial charge in [0.15, 0.2) is 6.04 Å². The number of hydrogen-bond donors (Lipinski definition) is 0. The zero-order valence-corrected chi connectivity index (χ0v) is 16.0. The highest BCUT2D eigenvalue weighted by Gasteiger charge is 2.52. The fourth-order valence-electron chi connectivity index (χ4n) is 3.24. The minimum atomic E-state index is -4.63. The van der Waals surface area contributed by atoms with Gasteiger partial charge in [-0.3, -0.25) is 9.69 Å². The summed E-state index contributed by atoms with van der Waals surface area (Å²) in [7, 11) is 0. The van der Waals surface area contributed by atoms with E-state index < -0.39 is 18.1 Å². The van der Waals surface area contributed by atoms with Crippen LogP contribution in [0.25, 0.3) is 0 Å². The van der Waals surface area contributed by atoms with Crippen molar-refractivity contribution in [1.82, 2.24) is 9.80 Å². The van der Waals surface area contributed by atoms with Crippen LogP contribution in [-0.4, -0.2) is 47.6 Å². The molecule has 1 unspecified atom stereocenters. The number of nitrogens with zero attached hydrogens (tertiary/aromatic N) is 2. The van der Waals surface area contributed by atoms with Crippen molar-refractivity contribution >= 4 is 5.91 Å². The van der Waals surface area contributed by atoms with E-state index in [1.54, 1.807) is 30.3 Å². The van der Waals surface area contributed by atoms with Crippen molar-refractivity contribution in [3.05, 3.63) is 59.7 Å². The number of halogens is 3. The molecule has 2 rings (SSSR count). The van der Waals surface area contributed by atoms with Gasteiger partial charge in [-0.25, -0.2) is 0 Å². The van der Waals surface area contributed by atoms with Gasteiger partial charge in [-0.15, -0.1) is 12.3 Å². The Hall–Kier alpha value is -2.52. The quantitative estimate of drug-likeness (QED) is 0.515. The summed E-state index contributed by atoms with van der Waals surface area (Å²) in [4.78, 5) is 15.2. The maximum absolute atomic E-state index is 13.8. The van der Waals surface area contributed by atoms with Crippen LogP contribution in [0.2, 0.25) is 0 Å². The lowest BCUT2D eigenvalue weighted by atomic mass is 10.0. The van der Waals surface area contributed by atoms with E-state index in [9.17, 15) is 18.0 Å². The summed E-state index contributed by atoms with van der Waals surface area (Å²) in [6.07, 6.45) is 7.00. The van der Waals surface area contributed by atoms with E-state index in [0.29, 0.717) is 12.8 Å². The molecular formula is C22H25F3N2O. The summed E-state index contributed by atoms with van der Waals surface area (Å²) in [5.41, 5.74) is 1.60. The molecule has 1 heterocycles. The van der Waals surface area contributed by atoms with Crippen LogP contribution in [0.1, 0.15) is 25.3 Å². The predicted molar refractivity (Wildman–Crippen MR) is 104 cm³/mol. The van der Waals surface area contributed by atoms with E-state index in [4.69, 9.17) is 6.42 Å². The summed E-state index contributed by atoms with van der Waals surface area (Å²) in [5, 5.41) is 0. The van der Waals surface area contributed by atoms with Gasteiger partial charge in [0.2, 0.25) is 5.91 Å². The summed E-state index contributed by atoms with van der Waals surface area (Å²) in [5.74, 6) is 1.58. The van der Waals surface area contributed by atoms with E-state index in [2.05, 4.69) is 5.92 Å². The van der Waals surface area contributed by atoms with Gasteiger partial charge in [0.05, 0.1) is 0 Å². The van der Waals surface area contributed by atoms with Gasteiger partial charge < -0.3 is 4.90 Å². The number of terminal acetylenes is 1. The average Bonchev–Trinajstić information content (AvgIpc) is 2.66. The molecule has 6 heteroatoms. The number of piperazine rings is 1. The molecule has 0 aromatic heterocycles. The molecule has 28 heavy (non-hydrogen) atoms. The van der Waals surface area contributed by atoms with Crippen LogP contribution in [0.3, 0.4) is 0 Å². The first-order chi connectivity index (χ1) is 13.4. The first kappa shape index (κ1) is 21.8. The molecule has 1 aliphatic heterocycles. The lowest BCUT2D eigenvalue weighted by Crippen LogP contribution is -2.62. The van der Waals surface area contributed by atoms with Crippen molar-refractivity contribution in [3.63, 3.8) is 0 Å². The summed E-state index contributed by atoms with van der Waals surface area (Å²) in [6.45, 7) is 2.51. The van der Waals surface area contributed by atoms with Crippen LogP contribution >= 0.6 is 0 Å². The Morgan fingerprint density at radius 2 is 2.00 bits per heavy atom. The number of benzene rings is 1. The smallest absolute Gasteiger partial charge is 0.335 e. The van der Waals surface area contributed by atoms with E-state index in [1.807, 2.05) is 25.1 Å². The summed E-state index contributed by atoms with van der Waals surface area (Å²) in [6, 6.07) is 6.92. The number of carbonyl (C=O) groups is 1. The highest BCUT2D eigenvalue weighted by atomic mass is 19.4. The summed E-state index contributed by atoms with van der Waals surface area (Å²) >= 11 is 0. The molecule has 1 aromatic carbocycles. The minimum Gasteiger partial charge on any atom is -0.335 e. The van der Waals surface area contributed by atoms with Crippen molar-refractivity contribution in [2.75, 3.05) is 19.6 Å². The maximum atomic E-state index is 13.8. The minimum absolute atomic E-state index is 0.0705. The second-order valence-corrected chi connectivity index (χ2v) is 6.70. The van der Waals surface area contributed by atoms with Gasteiger partial charge >= 0.3 is 6.18 Å². The Kier molecular flexibility index (Phi) is 7.89. The predicted octanol–water partition coefficient (Wildman–Crippen LogP) is 4.18. The van der Waals surface area contributed by atoms with Crippen molar-refractivity contribution in [2.24, 2.45) is 0 Å². The van der Waals surface area contributed by atoms with Crippen molar-refractivity contribution in [1.29, 1.82) is 0 Å². The Morgan fingerprint density at radius 1 is 1.29 bits per heavy atom.